The van der Waals surface area contributed by atoms with Gasteiger partial charge in [-0.1, -0.05) is 6.92 Å². The summed E-state index contributed by atoms with van der Waals surface area (Å²) in [7, 11) is 0. The van der Waals surface area contributed by atoms with Crippen molar-refractivity contribution in [3.63, 3.8) is 0 Å². The molecule has 0 aliphatic carbocycles. The summed E-state index contributed by atoms with van der Waals surface area (Å²) in [6, 6.07) is 0. The highest BCUT2D eigenvalue weighted by molar-refractivity contribution is 5.65. The Kier molecular flexibility index (Phi) is 4.02. The van der Waals surface area contributed by atoms with E-state index in [1.54, 1.807) is 0 Å². The third-order valence-electron chi connectivity index (χ3n) is 2.47. The maximum Gasteiger partial charge on any atom is 0.407 e. The van der Waals surface area contributed by atoms with E-state index in [0.29, 0.717) is 19.0 Å². The van der Waals surface area contributed by atoms with Crippen molar-refractivity contribution in [2.45, 2.75) is 19.8 Å². The second-order valence-electron chi connectivity index (χ2n) is 3.54. The Morgan fingerprint density at radius 3 is 3.08 bits per heavy atom. The van der Waals surface area contributed by atoms with Gasteiger partial charge < -0.3 is 15.3 Å². The number of likely N-dealkylation sites (tertiary alicyclic amines) is 1. The molecule has 1 amide bonds. The Hall–Kier alpha value is -0.770. The number of amides is 1. The van der Waals surface area contributed by atoms with E-state index >= 15 is 0 Å². The average molecular weight is 186 g/mol. The molecule has 1 heterocycles. The summed E-state index contributed by atoms with van der Waals surface area (Å²) in [6.07, 6.45) is 1.38. The van der Waals surface area contributed by atoms with E-state index in [2.05, 4.69) is 12.2 Å². The lowest BCUT2D eigenvalue weighted by molar-refractivity contribution is 0.120. The quantitative estimate of drug-likeness (QED) is 0.691. The maximum atomic E-state index is 10.7. The maximum absolute atomic E-state index is 10.7. The predicted octanol–water partition coefficient (Wildman–Crippen LogP) is 0.986. The highest BCUT2D eigenvalue weighted by Gasteiger charge is 2.22. The van der Waals surface area contributed by atoms with Crippen LogP contribution in [0, 0.1) is 5.92 Å². The highest BCUT2D eigenvalue weighted by Crippen LogP contribution is 2.15. The molecule has 0 aromatic heterocycles. The highest BCUT2D eigenvalue weighted by atomic mass is 16.4. The normalized spacial score (nSPS) is 23.2. The first-order valence-corrected chi connectivity index (χ1v) is 4.92. The number of hydrogen-bond acceptors (Lipinski definition) is 2. The van der Waals surface area contributed by atoms with Crippen LogP contribution in [0.4, 0.5) is 4.79 Å². The van der Waals surface area contributed by atoms with Crippen molar-refractivity contribution in [2.75, 3.05) is 26.2 Å². The van der Waals surface area contributed by atoms with Gasteiger partial charge in [-0.15, -0.1) is 0 Å². The van der Waals surface area contributed by atoms with Crippen molar-refractivity contribution in [1.82, 2.24) is 10.2 Å². The Morgan fingerprint density at radius 2 is 2.46 bits per heavy atom. The molecule has 4 nitrogen and oxygen atoms in total. The lowest BCUT2D eigenvalue weighted by Gasteiger charge is -2.30. The predicted molar refractivity (Wildman–Crippen MR) is 50.9 cm³/mol. The molecule has 1 aliphatic heterocycles. The molecule has 0 aromatic carbocycles. The molecule has 1 rings (SSSR count). The molecular weight excluding hydrogens is 168 g/mol. The zero-order valence-electron chi connectivity index (χ0n) is 8.12. The Morgan fingerprint density at radius 1 is 1.69 bits per heavy atom. The number of hydrogen-bond donors (Lipinski definition) is 2. The summed E-state index contributed by atoms with van der Waals surface area (Å²) < 4.78 is 0. The van der Waals surface area contributed by atoms with Crippen molar-refractivity contribution >= 4 is 6.09 Å². The number of piperidine rings is 1. The average Bonchev–Trinajstić information content (AvgIpc) is 2.15. The molecular formula is C9H18N2O2. The standard InChI is InChI=1S/C9H18N2O2/c1-2-10-6-8-4-3-5-11(7-8)9(12)13/h8,10H,2-7H2,1H3,(H,12,13). The van der Waals surface area contributed by atoms with Crippen LogP contribution in [0.3, 0.4) is 0 Å². The summed E-state index contributed by atoms with van der Waals surface area (Å²) in [5.74, 6) is 0.504. The molecule has 1 unspecified atom stereocenters. The molecule has 1 atom stereocenters. The zero-order valence-corrected chi connectivity index (χ0v) is 8.12. The molecule has 2 N–H and O–H groups in total. The largest absolute Gasteiger partial charge is 0.465 e. The summed E-state index contributed by atoms with van der Waals surface area (Å²) in [4.78, 5) is 12.2. The summed E-state index contributed by atoms with van der Waals surface area (Å²) in [5, 5.41) is 12.0. The van der Waals surface area contributed by atoms with E-state index in [9.17, 15) is 4.79 Å². The molecule has 1 aliphatic rings. The topological polar surface area (TPSA) is 52.6 Å². The molecule has 0 bridgehead atoms. The zero-order chi connectivity index (χ0) is 9.68. The minimum atomic E-state index is -0.777. The van der Waals surface area contributed by atoms with Crippen molar-refractivity contribution in [3.8, 4) is 0 Å². The molecule has 4 heteroatoms. The smallest absolute Gasteiger partial charge is 0.407 e. The number of carbonyl (C=O) groups is 1. The van der Waals surface area contributed by atoms with Crippen LogP contribution in [-0.2, 0) is 0 Å². The van der Waals surface area contributed by atoms with Crippen molar-refractivity contribution in [3.05, 3.63) is 0 Å². The molecule has 0 saturated carbocycles. The Balaban J connectivity index is 2.29. The lowest BCUT2D eigenvalue weighted by atomic mass is 9.98. The van der Waals surface area contributed by atoms with Gasteiger partial charge in [-0.2, -0.15) is 0 Å². The summed E-state index contributed by atoms with van der Waals surface area (Å²) >= 11 is 0. The Bertz CT molecular complexity index is 173. The molecule has 76 valence electrons. The van der Waals surface area contributed by atoms with E-state index in [1.807, 2.05) is 0 Å². The van der Waals surface area contributed by atoms with Crippen LogP contribution in [0.5, 0.6) is 0 Å². The second-order valence-corrected chi connectivity index (χ2v) is 3.54. The lowest BCUT2D eigenvalue weighted by Crippen LogP contribution is -2.42. The van der Waals surface area contributed by atoms with Crippen LogP contribution in [-0.4, -0.2) is 42.3 Å². The van der Waals surface area contributed by atoms with Gasteiger partial charge in [0.2, 0.25) is 0 Å². The van der Waals surface area contributed by atoms with E-state index in [-0.39, 0.29) is 0 Å². The first kappa shape index (κ1) is 10.3. The van der Waals surface area contributed by atoms with Crippen LogP contribution in [0.25, 0.3) is 0 Å². The van der Waals surface area contributed by atoms with Gasteiger partial charge in [0.25, 0.3) is 0 Å². The molecule has 13 heavy (non-hydrogen) atoms. The van der Waals surface area contributed by atoms with Crippen molar-refractivity contribution in [2.24, 2.45) is 5.92 Å². The van der Waals surface area contributed by atoms with E-state index in [0.717, 1.165) is 25.9 Å². The van der Waals surface area contributed by atoms with Crippen LogP contribution >= 0.6 is 0 Å². The fourth-order valence-electron chi connectivity index (χ4n) is 1.75. The minimum absolute atomic E-state index is 0.504. The van der Waals surface area contributed by atoms with Crippen LogP contribution < -0.4 is 5.32 Å². The number of rotatable bonds is 3. The van der Waals surface area contributed by atoms with Gasteiger partial charge in [0, 0.05) is 13.1 Å². The third-order valence-corrected chi connectivity index (χ3v) is 2.47. The number of nitrogens with zero attached hydrogens (tertiary/aromatic N) is 1. The fourth-order valence-corrected chi connectivity index (χ4v) is 1.75. The van der Waals surface area contributed by atoms with Gasteiger partial charge >= 0.3 is 6.09 Å². The number of nitrogens with one attached hydrogen (secondary N) is 1. The fraction of sp³-hybridized carbons (Fsp3) is 0.889. The monoisotopic (exact) mass is 186 g/mol. The van der Waals surface area contributed by atoms with Crippen LogP contribution in [0.15, 0.2) is 0 Å². The van der Waals surface area contributed by atoms with E-state index < -0.39 is 6.09 Å². The van der Waals surface area contributed by atoms with Gasteiger partial charge in [0.05, 0.1) is 0 Å². The summed E-state index contributed by atoms with van der Waals surface area (Å²) in [6.45, 7) is 5.38. The Labute approximate surface area is 78.9 Å². The third kappa shape index (κ3) is 3.22. The SMILES string of the molecule is CCNCC1CCCN(C(=O)O)C1. The van der Waals surface area contributed by atoms with Gasteiger partial charge in [0.15, 0.2) is 0 Å². The van der Waals surface area contributed by atoms with Crippen LogP contribution in [0.1, 0.15) is 19.8 Å². The van der Waals surface area contributed by atoms with Crippen molar-refractivity contribution < 1.29 is 9.90 Å². The van der Waals surface area contributed by atoms with Crippen LogP contribution in [0.2, 0.25) is 0 Å². The second kappa shape index (κ2) is 5.07. The molecule has 1 saturated heterocycles. The van der Waals surface area contributed by atoms with Gasteiger partial charge in [-0.3, -0.25) is 0 Å². The molecule has 0 aromatic rings. The minimum Gasteiger partial charge on any atom is -0.465 e. The van der Waals surface area contributed by atoms with Crippen molar-refractivity contribution in [1.29, 1.82) is 0 Å². The first-order valence-electron chi connectivity index (χ1n) is 4.92. The molecule has 1 fully saturated rings. The summed E-state index contributed by atoms with van der Waals surface area (Å²) in [5.41, 5.74) is 0. The van der Waals surface area contributed by atoms with E-state index in [1.165, 1.54) is 4.90 Å². The van der Waals surface area contributed by atoms with E-state index in [4.69, 9.17) is 5.11 Å². The van der Waals surface area contributed by atoms with Gasteiger partial charge in [0.1, 0.15) is 0 Å². The molecule has 0 radical (unpaired) electrons. The van der Waals surface area contributed by atoms with Gasteiger partial charge in [-0.05, 0) is 31.8 Å². The first-order chi connectivity index (χ1) is 6.24. The van der Waals surface area contributed by atoms with Gasteiger partial charge in [-0.25, -0.2) is 4.79 Å². The number of carboxylic acid groups (broad SMARTS) is 1. The molecule has 0 spiro atoms.